The monoisotopic (exact) mass is 1340 g/mol. The Balaban J connectivity index is 5.26. The minimum atomic E-state index is -4.95. The standard InChI is InChI=1S/C72H140O17P2/c1-7-9-11-13-15-17-19-20-25-31-37-43-49-55-70(75)83-60-67(88-71(76)56-50-44-38-32-26-22-21-24-28-34-40-46-52-64(3)4)62-86-90(78,79)84-58-66(73)59-85-91(80,81)87-63-68(61-82-69(74)54-48-42-36-30-23-18-16-14-12-10-8-2)89-72(77)57-51-45-39-33-27-29-35-41-47-53-65(5)6/h64-68,73H,7-63H2,1-6H3,(H,78,79)(H,80,81)/t66-,67-,68-/m1/s1. The van der Waals surface area contributed by atoms with Crippen LogP contribution in [0.4, 0.5) is 0 Å². The number of phosphoric ester groups is 2. The molecule has 0 radical (unpaired) electrons. The van der Waals surface area contributed by atoms with Gasteiger partial charge in [-0.3, -0.25) is 37.3 Å². The maximum atomic E-state index is 13.0. The second-order valence-corrected chi connectivity index (χ2v) is 29.8. The Morgan fingerprint density at radius 2 is 0.505 bits per heavy atom. The molecule has 0 aromatic carbocycles. The highest BCUT2D eigenvalue weighted by atomic mass is 31.2. The van der Waals surface area contributed by atoms with E-state index in [9.17, 15) is 43.2 Å². The van der Waals surface area contributed by atoms with Crippen molar-refractivity contribution in [3.05, 3.63) is 0 Å². The van der Waals surface area contributed by atoms with E-state index < -0.39 is 97.5 Å². The van der Waals surface area contributed by atoms with Gasteiger partial charge in [-0.2, -0.15) is 0 Å². The molecule has 0 saturated carbocycles. The number of aliphatic hydroxyl groups excluding tert-OH is 1. The number of aliphatic hydroxyl groups is 1. The largest absolute Gasteiger partial charge is 0.472 e. The summed E-state index contributed by atoms with van der Waals surface area (Å²) in [4.78, 5) is 72.6. The maximum absolute atomic E-state index is 13.0. The van der Waals surface area contributed by atoms with Crippen molar-refractivity contribution < 1.29 is 80.2 Å². The lowest BCUT2D eigenvalue weighted by atomic mass is 10.0. The van der Waals surface area contributed by atoms with Crippen LogP contribution in [-0.4, -0.2) is 96.7 Å². The van der Waals surface area contributed by atoms with E-state index in [-0.39, 0.29) is 25.7 Å². The number of hydrogen-bond donors (Lipinski definition) is 3. The van der Waals surface area contributed by atoms with Crippen LogP contribution in [-0.2, 0) is 65.4 Å². The highest BCUT2D eigenvalue weighted by molar-refractivity contribution is 7.47. The quantitative estimate of drug-likeness (QED) is 0.0222. The number of hydrogen-bond acceptors (Lipinski definition) is 15. The van der Waals surface area contributed by atoms with Gasteiger partial charge >= 0.3 is 39.5 Å². The Morgan fingerprint density at radius 1 is 0.297 bits per heavy atom. The lowest BCUT2D eigenvalue weighted by Crippen LogP contribution is -2.30. The van der Waals surface area contributed by atoms with Gasteiger partial charge in [-0.15, -0.1) is 0 Å². The number of esters is 4. The molecule has 17 nitrogen and oxygen atoms in total. The van der Waals surface area contributed by atoms with Crippen LogP contribution in [0.5, 0.6) is 0 Å². The Morgan fingerprint density at radius 3 is 0.747 bits per heavy atom. The fraction of sp³-hybridized carbons (Fsp3) is 0.944. The van der Waals surface area contributed by atoms with Gasteiger partial charge in [0, 0.05) is 25.7 Å². The SMILES string of the molecule is CCCCCCCCCCCCCCCC(=O)OC[C@H](COP(=O)(O)OC[C@@H](O)COP(=O)(O)OC[C@@H](COC(=O)CCCCCCCCCCCCC)OC(=O)CCCCCCCCCCCC(C)C)OC(=O)CCCCCCCCCCCCCCC(C)C. The lowest BCUT2D eigenvalue weighted by molar-refractivity contribution is -0.161. The van der Waals surface area contributed by atoms with Crippen molar-refractivity contribution in [2.45, 2.75) is 387 Å². The molecule has 0 amide bonds. The average Bonchev–Trinajstić information content (AvgIpc) is 3.26. The van der Waals surface area contributed by atoms with Gasteiger partial charge in [0.2, 0.25) is 0 Å². The molecule has 0 aliphatic rings. The summed E-state index contributed by atoms with van der Waals surface area (Å²) < 4.78 is 68.4. The zero-order chi connectivity index (χ0) is 67.2. The molecule has 0 aromatic rings. The van der Waals surface area contributed by atoms with Crippen molar-refractivity contribution in [2.24, 2.45) is 11.8 Å². The van der Waals surface area contributed by atoms with E-state index >= 15 is 0 Å². The van der Waals surface area contributed by atoms with Crippen molar-refractivity contribution in [1.29, 1.82) is 0 Å². The highest BCUT2D eigenvalue weighted by Gasteiger charge is 2.30. The molecule has 0 aliphatic heterocycles. The molecule has 0 heterocycles. The number of unbranched alkanes of at least 4 members (excludes halogenated alkanes) is 41. The van der Waals surface area contributed by atoms with Gasteiger partial charge < -0.3 is 33.8 Å². The second kappa shape index (κ2) is 64.1. The minimum Gasteiger partial charge on any atom is -0.462 e. The van der Waals surface area contributed by atoms with E-state index in [1.165, 1.54) is 186 Å². The number of ether oxygens (including phenoxy) is 4. The summed E-state index contributed by atoms with van der Waals surface area (Å²) in [6, 6.07) is 0. The van der Waals surface area contributed by atoms with Crippen LogP contribution in [0, 0.1) is 11.8 Å². The molecule has 3 N–H and O–H groups in total. The van der Waals surface area contributed by atoms with Crippen LogP contribution >= 0.6 is 15.6 Å². The highest BCUT2D eigenvalue weighted by Crippen LogP contribution is 2.45. The zero-order valence-corrected chi connectivity index (χ0v) is 60.9. The summed E-state index contributed by atoms with van der Waals surface area (Å²) in [5.41, 5.74) is 0. The van der Waals surface area contributed by atoms with Crippen molar-refractivity contribution in [2.75, 3.05) is 39.6 Å². The van der Waals surface area contributed by atoms with Crippen LogP contribution in [0.2, 0.25) is 0 Å². The van der Waals surface area contributed by atoms with Crippen LogP contribution in [0.1, 0.15) is 369 Å². The maximum Gasteiger partial charge on any atom is 0.472 e. The molecule has 0 bridgehead atoms. The summed E-state index contributed by atoms with van der Waals surface area (Å²) in [6.07, 6.45) is 49.8. The van der Waals surface area contributed by atoms with E-state index in [4.69, 9.17) is 37.0 Å². The topological polar surface area (TPSA) is 237 Å². The van der Waals surface area contributed by atoms with E-state index in [0.717, 1.165) is 102 Å². The lowest BCUT2D eigenvalue weighted by Gasteiger charge is -2.21. The third-order valence-electron chi connectivity index (χ3n) is 16.7. The fourth-order valence-electron chi connectivity index (χ4n) is 10.9. The molecule has 0 spiro atoms. The molecule has 19 heteroatoms. The van der Waals surface area contributed by atoms with Crippen LogP contribution in [0.15, 0.2) is 0 Å². The molecule has 0 rings (SSSR count). The van der Waals surface area contributed by atoms with Gasteiger partial charge in [-0.25, -0.2) is 9.13 Å². The molecule has 0 aromatic heterocycles. The molecule has 91 heavy (non-hydrogen) atoms. The first-order valence-corrected chi connectivity index (χ1v) is 40.5. The van der Waals surface area contributed by atoms with E-state index in [1.807, 2.05) is 0 Å². The van der Waals surface area contributed by atoms with E-state index in [1.54, 1.807) is 0 Å². The normalized spacial score (nSPS) is 14.1. The smallest absolute Gasteiger partial charge is 0.462 e. The number of carbonyl (C=O) groups excluding carboxylic acids is 4. The summed E-state index contributed by atoms with van der Waals surface area (Å²) in [5.74, 6) is -0.606. The molecular weight excluding hydrogens is 1200 g/mol. The summed E-state index contributed by atoms with van der Waals surface area (Å²) >= 11 is 0. The van der Waals surface area contributed by atoms with E-state index in [0.29, 0.717) is 25.7 Å². The Bertz CT molecular complexity index is 1770. The number of phosphoric acid groups is 2. The summed E-state index contributed by atoms with van der Waals surface area (Å²) in [5, 5.41) is 10.6. The van der Waals surface area contributed by atoms with Gasteiger partial charge in [-0.05, 0) is 37.5 Å². The Labute approximate surface area is 556 Å². The first kappa shape index (κ1) is 89.1. The molecule has 0 fully saturated rings. The summed E-state index contributed by atoms with van der Waals surface area (Å²) in [7, 11) is -9.90. The zero-order valence-electron chi connectivity index (χ0n) is 59.1. The molecule has 0 saturated heterocycles. The molecule has 540 valence electrons. The predicted octanol–water partition coefficient (Wildman–Crippen LogP) is 20.8. The van der Waals surface area contributed by atoms with Crippen LogP contribution in [0.25, 0.3) is 0 Å². The average molecular weight is 1340 g/mol. The fourth-order valence-corrected chi connectivity index (χ4v) is 12.5. The number of rotatable bonds is 71. The van der Waals surface area contributed by atoms with Crippen molar-refractivity contribution in [3.8, 4) is 0 Å². The first-order chi connectivity index (χ1) is 43.9. The number of carbonyl (C=O) groups is 4. The Kier molecular flexibility index (Phi) is 62.7. The van der Waals surface area contributed by atoms with Gasteiger partial charge in [0.05, 0.1) is 26.4 Å². The van der Waals surface area contributed by atoms with Crippen LogP contribution in [0.3, 0.4) is 0 Å². The van der Waals surface area contributed by atoms with Crippen molar-refractivity contribution in [3.63, 3.8) is 0 Å². The Hall–Kier alpha value is -1.94. The van der Waals surface area contributed by atoms with Gasteiger partial charge in [0.15, 0.2) is 12.2 Å². The van der Waals surface area contributed by atoms with Gasteiger partial charge in [0.25, 0.3) is 0 Å². The molecule has 0 aliphatic carbocycles. The molecule has 5 atom stereocenters. The third kappa shape index (κ3) is 66.5. The second-order valence-electron chi connectivity index (χ2n) is 26.9. The molecular formula is C72H140O17P2. The molecule has 2 unspecified atom stereocenters. The predicted molar refractivity (Wildman–Crippen MR) is 368 cm³/mol. The minimum absolute atomic E-state index is 0.106. The van der Waals surface area contributed by atoms with E-state index in [2.05, 4.69) is 41.5 Å². The first-order valence-electron chi connectivity index (χ1n) is 37.5. The van der Waals surface area contributed by atoms with Gasteiger partial charge in [-0.1, -0.05) is 318 Å². The van der Waals surface area contributed by atoms with Crippen LogP contribution < -0.4 is 0 Å². The summed E-state index contributed by atoms with van der Waals surface area (Å²) in [6.45, 7) is 9.55. The van der Waals surface area contributed by atoms with Crippen molar-refractivity contribution in [1.82, 2.24) is 0 Å². The van der Waals surface area contributed by atoms with Crippen molar-refractivity contribution >= 4 is 39.5 Å². The third-order valence-corrected chi connectivity index (χ3v) is 18.6. The van der Waals surface area contributed by atoms with Gasteiger partial charge in [0.1, 0.15) is 19.3 Å².